The van der Waals surface area contributed by atoms with Crippen LogP contribution in [-0.4, -0.2) is 54.5 Å². The van der Waals surface area contributed by atoms with E-state index < -0.39 is 10.0 Å². The summed E-state index contributed by atoms with van der Waals surface area (Å²) in [5.41, 5.74) is 0. The van der Waals surface area contributed by atoms with Crippen LogP contribution in [0.15, 0.2) is 0 Å². The zero-order valence-corrected chi connectivity index (χ0v) is 13.5. The largest absolute Gasteiger partial charge is 0.347 e. The van der Waals surface area contributed by atoms with Gasteiger partial charge >= 0.3 is 0 Å². The lowest BCUT2D eigenvalue weighted by Crippen LogP contribution is -2.45. The molecule has 0 atom stereocenters. The molecule has 1 aliphatic carbocycles. The lowest BCUT2D eigenvalue weighted by atomic mass is 10.1. The van der Waals surface area contributed by atoms with Gasteiger partial charge in [-0.15, -0.1) is 0 Å². The van der Waals surface area contributed by atoms with Crippen molar-refractivity contribution in [3.63, 3.8) is 0 Å². The van der Waals surface area contributed by atoms with Gasteiger partial charge in [0.2, 0.25) is 15.2 Å². The van der Waals surface area contributed by atoms with Crippen molar-refractivity contribution in [3.05, 3.63) is 5.82 Å². The first-order valence-electron chi connectivity index (χ1n) is 6.96. The van der Waals surface area contributed by atoms with Crippen LogP contribution in [0.4, 0.5) is 5.13 Å². The number of nitrogens with zero attached hydrogens (tertiary/aromatic N) is 4. The molecule has 112 valence electrons. The van der Waals surface area contributed by atoms with Gasteiger partial charge in [-0.1, -0.05) is 0 Å². The van der Waals surface area contributed by atoms with E-state index in [9.17, 15) is 8.42 Å². The molecule has 8 heteroatoms. The second-order valence-corrected chi connectivity index (χ2v) is 8.48. The summed E-state index contributed by atoms with van der Waals surface area (Å²) in [6.07, 6.45) is 5.41. The lowest BCUT2D eigenvalue weighted by molar-refractivity contribution is 0.314. The normalized spacial score (nSPS) is 21.6. The lowest BCUT2D eigenvalue weighted by Gasteiger charge is -2.35. The molecule has 1 aliphatic heterocycles. The van der Waals surface area contributed by atoms with Gasteiger partial charge in [-0.3, -0.25) is 0 Å². The third-order valence-corrected chi connectivity index (χ3v) is 6.28. The Morgan fingerprint density at radius 3 is 2.45 bits per heavy atom. The number of rotatable bonds is 4. The summed E-state index contributed by atoms with van der Waals surface area (Å²) in [4.78, 5) is 6.85. The van der Waals surface area contributed by atoms with Crippen molar-refractivity contribution in [2.75, 3.05) is 31.3 Å². The Kier molecular flexibility index (Phi) is 3.72. The molecule has 1 saturated carbocycles. The molecule has 2 heterocycles. The third kappa shape index (κ3) is 2.96. The number of anilines is 1. The van der Waals surface area contributed by atoms with Crippen molar-refractivity contribution >= 4 is 26.7 Å². The molecule has 0 spiro atoms. The average molecular weight is 316 g/mol. The van der Waals surface area contributed by atoms with Gasteiger partial charge in [-0.25, -0.2) is 17.7 Å². The molecule has 2 aliphatic rings. The highest BCUT2D eigenvalue weighted by Gasteiger charge is 2.31. The summed E-state index contributed by atoms with van der Waals surface area (Å²) in [7, 11) is -1.42. The minimum atomic E-state index is -3.09. The molecular weight excluding hydrogens is 296 g/mol. The maximum absolute atomic E-state index is 11.6. The van der Waals surface area contributed by atoms with Crippen molar-refractivity contribution in [1.29, 1.82) is 0 Å². The number of hydrogen-bond donors (Lipinski definition) is 0. The van der Waals surface area contributed by atoms with Crippen molar-refractivity contribution in [1.82, 2.24) is 13.7 Å². The smallest absolute Gasteiger partial charge is 0.211 e. The molecule has 2 fully saturated rings. The summed E-state index contributed by atoms with van der Waals surface area (Å²) in [6, 6.07) is 0.108. The van der Waals surface area contributed by atoms with Gasteiger partial charge < -0.3 is 4.90 Å². The van der Waals surface area contributed by atoms with E-state index in [0.717, 1.165) is 36.9 Å². The molecule has 0 N–H and O–H groups in total. The molecule has 0 radical (unpaired) electrons. The Hall–Kier alpha value is -0.730. The van der Waals surface area contributed by atoms with Crippen molar-refractivity contribution in [3.8, 4) is 0 Å². The monoisotopic (exact) mass is 316 g/mol. The fourth-order valence-electron chi connectivity index (χ4n) is 2.55. The van der Waals surface area contributed by atoms with Crippen LogP contribution in [0.2, 0.25) is 0 Å². The first kappa shape index (κ1) is 14.2. The number of piperidine rings is 1. The van der Waals surface area contributed by atoms with Gasteiger partial charge in [0.15, 0.2) is 0 Å². The highest BCUT2D eigenvalue weighted by Crippen LogP contribution is 2.40. The standard InChI is InChI=1S/C12H20N4O2S2/c1-15(20(2,17)18)10-5-7-16(8-6-10)12-13-11(14-19-12)9-3-4-9/h9-10H,3-8H2,1-2H3. The molecule has 1 aromatic rings. The molecule has 1 saturated heterocycles. The van der Waals surface area contributed by atoms with E-state index in [2.05, 4.69) is 14.3 Å². The minimum absolute atomic E-state index is 0.108. The van der Waals surface area contributed by atoms with Gasteiger partial charge in [0.25, 0.3) is 0 Å². The predicted octanol–water partition coefficient (Wildman–Crippen LogP) is 1.28. The van der Waals surface area contributed by atoms with Crippen LogP contribution in [0.25, 0.3) is 0 Å². The van der Waals surface area contributed by atoms with Crippen LogP contribution in [0.3, 0.4) is 0 Å². The van der Waals surface area contributed by atoms with Crippen LogP contribution in [0, 0.1) is 0 Å². The Morgan fingerprint density at radius 2 is 1.90 bits per heavy atom. The molecule has 1 aromatic heterocycles. The molecule has 3 rings (SSSR count). The molecule has 0 bridgehead atoms. The maximum Gasteiger partial charge on any atom is 0.211 e. The second kappa shape index (κ2) is 5.23. The third-order valence-electron chi connectivity index (χ3n) is 4.15. The van der Waals surface area contributed by atoms with Gasteiger partial charge in [-0.2, -0.15) is 4.37 Å². The SMILES string of the molecule is CN(C1CCN(c2nc(C3CC3)ns2)CC1)S(C)(=O)=O. The van der Waals surface area contributed by atoms with Crippen molar-refractivity contribution in [2.24, 2.45) is 0 Å². The summed E-state index contributed by atoms with van der Waals surface area (Å²) in [5, 5.41) is 0.993. The Balaban J connectivity index is 1.60. The van der Waals surface area contributed by atoms with E-state index in [4.69, 9.17) is 0 Å². The van der Waals surface area contributed by atoms with Crippen LogP contribution < -0.4 is 4.90 Å². The van der Waals surface area contributed by atoms with E-state index >= 15 is 0 Å². The predicted molar refractivity (Wildman–Crippen MR) is 79.7 cm³/mol. The molecular formula is C12H20N4O2S2. The average Bonchev–Trinajstić information content (AvgIpc) is 3.15. The highest BCUT2D eigenvalue weighted by molar-refractivity contribution is 7.88. The second-order valence-electron chi connectivity index (χ2n) is 5.71. The van der Waals surface area contributed by atoms with Crippen LogP contribution in [0.5, 0.6) is 0 Å². The number of sulfonamides is 1. The summed E-state index contributed by atoms with van der Waals surface area (Å²) in [6.45, 7) is 1.70. The van der Waals surface area contributed by atoms with Crippen LogP contribution in [-0.2, 0) is 10.0 Å². The molecule has 0 amide bonds. The molecule has 0 unspecified atom stereocenters. The van der Waals surface area contributed by atoms with Crippen molar-refractivity contribution in [2.45, 2.75) is 37.6 Å². The van der Waals surface area contributed by atoms with Gasteiger partial charge in [-0.05, 0) is 25.7 Å². The van der Waals surface area contributed by atoms with E-state index in [1.54, 1.807) is 7.05 Å². The minimum Gasteiger partial charge on any atom is -0.347 e. The molecule has 6 nitrogen and oxygen atoms in total. The van der Waals surface area contributed by atoms with Crippen molar-refractivity contribution < 1.29 is 8.42 Å². The fraction of sp³-hybridized carbons (Fsp3) is 0.833. The van der Waals surface area contributed by atoms with E-state index in [0.29, 0.717) is 5.92 Å². The van der Waals surface area contributed by atoms with Gasteiger partial charge in [0.1, 0.15) is 5.82 Å². The number of aromatic nitrogens is 2. The zero-order valence-electron chi connectivity index (χ0n) is 11.8. The molecule has 20 heavy (non-hydrogen) atoms. The van der Waals surface area contributed by atoms with Gasteiger partial charge in [0.05, 0.1) is 6.26 Å². The van der Waals surface area contributed by atoms with Gasteiger partial charge in [0, 0.05) is 43.6 Å². The fourth-order valence-corrected chi connectivity index (χ4v) is 4.10. The summed E-state index contributed by atoms with van der Waals surface area (Å²) >= 11 is 1.47. The van der Waals surface area contributed by atoms with E-state index in [1.165, 1.54) is 34.9 Å². The Morgan fingerprint density at radius 1 is 1.25 bits per heavy atom. The first-order valence-corrected chi connectivity index (χ1v) is 9.59. The number of hydrogen-bond acceptors (Lipinski definition) is 6. The summed E-state index contributed by atoms with van der Waals surface area (Å²) < 4.78 is 29.0. The zero-order chi connectivity index (χ0) is 14.3. The Labute approximate surface area is 124 Å². The first-order chi connectivity index (χ1) is 9.45. The summed E-state index contributed by atoms with van der Waals surface area (Å²) in [5.74, 6) is 1.59. The quantitative estimate of drug-likeness (QED) is 0.837. The Bertz CT molecular complexity index is 574. The van der Waals surface area contributed by atoms with Crippen LogP contribution >= 0.6 is 11.5 Å². The highest BCUT2D eigenvalue weighted by atomic mass is 32.2. The topological polar surface area (TPSA) is 66.4 Å². The molecule has 0 aromatic carbocycles. The maximum atomic E-state index is 11.6. The van der Waals surface area contributed by atoms with Crippen LogP contribution in [0.1, 0.15) is 37.4 Å². The van der Waals surface area contributed by atoms with E-state index in [1.807, 2.05) is 0 Å². The van der Waals surface area contributed by atoms with E-state index in [-0.39, 0.29) is 6.04 Å².